The first-order valence-corrected chi connectivity index (χ1v) is 7.83. The Balaban J connectivity index is 2.26. The standard InChI is InChI=1S/C16H17N3O2S/c1-7-3-4-9-8(2)6-11-12(14(17)20)15(19-16(18)21)22-13(11)10(9)5-7/h3-5,8H,6H2,1-2H3,(H2,17,20)(H3,18,19,21). The number of benzene rings is 1. The summed E-state index contributed by atoms with van der Waals surface area (Å²) in [5.74, 6) is -0.248. The van der Waals surface area contributed by atoms with Crippen LogP contribution in [0.25, 0.3) is 10.4 Å². The van der Waals surface area contributed by atoms with E-state index in [-0.39, 0.29) is 5.92 Å². The molecule has 22 heavy (non-hydrogen) atoms. The van der Waals surface area contributed by atoms with E-state index in [0.717, 1.165) is 28.0 Å². The number of nitrogens with one attached hydrogen (secondary N) is 1. The summed E-state index contributed by atoms with van der Waals surface area (Å²) in [6.07, 6.45) is 0.723. The highest BCUT2D eigenvalue weighted by Gasteiger charge is 2.30. The second-order valence-electron chi connectivity index (χ2n) is 5.66. The number of anilines is 1. The maximum absolute atomic E-state index is 11.9. The lowest BCUT2D eigenvalue weighted by atomic mass is 9.81. The van der Waals surface area contributed by atoms with Crippen LogP contribution in [-0.4, -0.2) is 11.9 Å². The van der Waals surface area contributed by atoms with Gasteiger partial charge in [0.05, 0.1) is 5.56 Å². The Morgan fingerprint density at radius 2 is 2.05 bits per heavy atom. The molecule has 1 atom stereocenters. The molecule has 3 amide bonds. The van der Waals surface area contributed by atoms with Crippen molar-refractivity contribution in [2.45, 2.75) is 26.2 Å². The molecule has 1 aromatic carbocycles. The Kier molecular flexibility index (Phi) is 3.41. The van der Waals surface area contributed by atoms with Crippen molar-refractivity contribution in [3.8, 4) is 10.4 Å². The number of hydrogen-bond acceptors (Lipinski definition) is 3. The summed E-state index contributed by atoms with van der Waals surface area (Å²) in [6.45, 7) is 4.16. The van der Waals surface area contributed by atoms with E-state index in [2.05, 4.69) is 30.4 Å². The first-order valence-electron chi connectivity index (χ1n) is 7.01. The largest absolute Gasteiger partial charge is 0.365 e. The Bertz CT molecular complexity index is 795. The monoisotopic (exact) mass is 315 g/mol. The summed E-state index contributed by atoms with van der Waals surface area (Å²) in [5, 5.41) is 2.97. The molecule has 1 aliphatic carbocycles. The molecule has 1 unspecified atom stereocenters. The summed E-state index contributed by atoms with van der Waals surface area (Å²) in [5.41, 5.74) is 15.5. The molecule has 6 heteroatoms. The summed E-state index contributed by atoms with van der Waals surface area (Å²) < 4.78 is 0. The smallest absolute Gasteiger partial charge is 0.317 e. The maximum Gasteiger partial charge on any atom is 0.317 e. The zero-order chi connectivity index (χ0) is 16.0. The molecule has 5 N–H and O–H groups in total. The van der Waals surface area contributed by atoms with Crippen LogP contribution in [0.3, 0.4) is 0 Å². The van der Waals surface area contributed by atoms with Gasteiger partial charge in [0.2, 0.25) is 0 Å². The molecular formula is C16H17N3O2S. The summed E-state index contributed by atoms with van der Waals surface area (Å²) >= 11 is 1.36. The molecule has 3 rings (SSSR count). The van der Waals surface area contributed by atoms with Crippen molar-refractivity contribution < 1.29 is 9.59 Å². The molecule has 0 bridgehead atoms. The molecule has 2 aromatic rings. The van der Waals surface area contributed by atoms with Crippen molar-refractivity contribution in [2.75, 3.05) is 5.32 Å². The molecule has 114 valence electrons. The van der Waals surface area contributed by atoms with E-state index in [4.69, 9.17) is 11.5 Å². The quantitative estimate of drug-likeness (QED) is 0.794. The first kappa shape index (κ1) is 14.6. The van der Waals surface area contributed by atoms with Gasteiger partial charge in [-0.25, -0.2) is 4.79 Å². The van der Waals surface area contributed by atoms with Gasteiger partial charge in [-0.15, -0.1) is 11.3 Å². The molecule has 0 fully saturated rings. The number of amides is 3. The van der Waals surface area contributed by atoms with Gasteiger partial charge < -0.3 is 11.5 Å². The van der Waals surface area contributed by atoms with Crippen molar-refractivity contribution in [3.63, 3.8) is 0 Å². The molecule has 0 spiro atoms. The number of carbonyl (C=O) groups is 2. The van der Waals surface area contributed by atoms with Crippen LogP contribution in [0, 0.1) is 6.92 Å². The van der Waals surface area contributed by atoms with Crippen LogP contribution in [0.1, 0.15) is 39.9 Å². The SMILES string of the molecule is Cc1ccc2c(c1)-c1sc(NC(N)=O)c(C(N)=O)c1CC2C. The Morgan fingerprint density at radius 3 is 2.68 bits per heavy atom. The second-order valence-corrected chi connectivity index (χ2v) is 6.68. The lowest BCUT2D eigenvalue weighted by Crippen LogP contribution is -2.22. The first-order chi connectivity index (χ1) is 10.4. The summed E-state index contributed by atoms with van der Waals surface area (Å²) in [4.78, 5) is 24.0. The normalized spacial score (nSPS) is 15.8. The van der Waals surface area contributed by atoms with Gasteiger partial charge in [-0.1, -0.05) is 30.7 Å². The number of carbonyl (C=O) groups excluding carboxylic acids is 2. The molecule has 1 aliphatic rings. The minimum absolute atomic E-state index is 0.289. The number of nitrogens with two attached hydrogens (primary N) is 2. The molecule has 0 saturated carbocycles. The maximum atomic E-state index is 11.9. The van der Waals surface area contributed by atoms with Crippen LogP contribution in [0.5, 0.6) is 0 Å². The summed E-state index contributed by atoms with van der Waals surface area (Å²) in [6, 6.07) is 5.63. The third kappa shape index (κ3) is 2.25. The van der Waals surface area contributed by atoms with Gasteiger partial charge in [-0.2, -0.15) is 0 Å². The van der Waals surface area contributed by atoms with E-state index in [1.807, 2.05) is 6.92 Å². The Hall–Kier alpha value is -2.34. The van der Waals surface area contributed by atoms with Crippen LogP contribution in [-0.2, 0) is 6.42 Å². The van der Waals surface area contributed by atoms with E-state index < -0.39 is 11.9 Å². The average molecular weight is 315 g/mol. The van der Waals surface area contributed by atoms with Crippen molar-refractivity contribution >= 4 is 28.3 Å². The number of aryl methyl sites for hydroxylation is 1. The zero-order valence-corrected chi connectivity index (χ0v) is 13.2. The van der Waals surface area contributed by atoms with Gasteiger partial charge >= 0.3 is 6.03 Å². The van der Waals surface area contributed by atoms with E-state index in [1.54, 1.807) is 0 Å². The van der Waals surface area contributed by atoms with Gasteiger partial charge in [0, 0.05) is 4.88 Å². The number of primary amides is 2. The fraction of sp³-hybridized carbons (Fsp3) is 0.250. The van der Waals surface area contributed by atoms with Crippen molar-refractivity contribution in [1.29, 1.82) is 0 Å². The van der Waals surface area contributed by atoms with Crippen molar-refractivity contribution in [2.24, 2.45) is 11.5 Å². The van der Waals surface area contributed by atoms with Crippen LogP contribution >= 0.6 is 11.3 Å². The number of thiophene rings is 1. The van der Waals surface area contributed by atoms with Gasteiger partial charge in [-0.05, 0) is 36.0 Å². The number of rotatable bonds is 2. The highest BCUT2D eigenvalue weighted by atomic mass is 32.1. The molecular weight excluding hydrogens is 298 g/mol. The van der Waals surface area contributed by atoms with E-state index in [1.165, 1.54) is 16.9 Å². The molecule has 0 radical (unpaired) electrons. The molecule has 5 nitrogen and oxygen atoms in total. The second kappa shape index (κ2) is 5.14. The number of urea groups is 1. The van der Waals surface area contributed by atoms with E-state index >= 15 is 0 Å². The molecule has 1 heterocycles. The van der Waals surface area contributed by atoms with Crippen molar-refractivity contribution in [1.82, 2.24) is 0 Å². The average Bonchev–Trinajstić information content (AvgIpc) is 2.76. The molecule has 0 saturated heterocycles. The predicted octanol–water partition coefficient (Wildman–Crippen LogP) is 2.97. The van der Waals surface area contributed by atoms with Gasteiger partial charge in [0.25, 0.3) is 5.91 Å². The minimum atomic E-state index is -0.696. The number of fused-ring (bicyclic) bond motifs is 3. The van der Waals surface area contributed by atoms with E-state index in [9.17, 15) is 9.59 Å². The minimum Gasteiger partial charge on any atom is -0.365 e. The third-order valence-corrected chi connectivity index (χ3v) is 5.17. The Labute approximate surface area is 132 Å². The fourth-order valence-corrected chi connectivity index (χ4v) is 4.33. The molecule has 1 aromatic heterocycles. The lowest BCUT2D eigenvalue weighted by molar-refractivity contribution is 0.100. The van der Waals surface area contributed by atoms with E-state index in [0.29, 0.717) is 10.6 Å². The van der Waals surface area contributed by atoms with Crippen LogP contribution in [0.15, 0.2) is 18.2 Å². The number of hydrogen-bond donors (Lipinski definition) is 3. The molecule has 0 aliphatic heterocycles. The van der Waals surface area contributed by atoms with Crippen LogP contribution < -0.4 is 16.8 Å². The summed E-state index contributed by atoms with van der Waals surface area (Å²) in [7, 11) is 0. The highest BCUT2D eigenvalue weighted by Crippen LogP contribution is 2.48. The van der Waals surface area contributed by atoms with Gasteiger partial charge in [0.1, 0.15) is 5.00 Å². The zero-order valence-electron chi connectivity index (χ0n) is 12.4. The van der Waals surface area contributed by atoms with Crippen LogP contribution in [0.2, 0.25) is 0 Å². The van der Waals surface area contributed by atoms with Crippen molar-refractivity contribution in [3.05, 3.63) is 40.5 Å². The Morgan fingerprint density at radius 1 is 1.32 bits per heavy atom. The van der Waals surface area contributed by atoms with Gasteiger partial charge in [-0.3, -0.25) is 10.1 Å². The third-order valence-electron chi connectivity index (χ3n) is 3.98. The topological polar surface area (TPSA) is 98.2 Å². The highest BCUT2D eigenvalue weighted by molar-refractivity contribution is 7.20. The lowest BCUT2D eigenvalue weighted by Gasteiger charge is -2.23. The van der Waals surface area contributed by atoms with Crippen LogP contribution in [0.4, 0.5) is 9.80 Å². The van der Waals surface area contributed by atoms with Gasteiger partial charge in [0.15, 0.2) is 0 Å². The predicted molar refractivity (Wildman–Crippen MR) is 88.3 cm³/mol. The fourth-order valence-electron chi connectivity index (χ4n) is 3.05.